The SMILES string of the molecule is C=C(C)C=C1O[C@H](c2ccccc2)[C@@H](c2ccccc2)O1. The maximum Gasteiger partial charge on any atom is 0.280 e. The Bertz CT molecular complexity index is 594. The molecule has 21 heavy (non-hydrogen) atoms. The normalized spacial score (nSPS) is 20.5. The standard InChI is InChI=1S/C19H18O2/c1-14(2)13-17-20-18(15-9-5-3-6-10-15)19(21-17)16-11-7-4-8-12-16/h3-13,18-19H,1H2,2H3/t18-,19-/m1/s1. The third kappa shape index (κ3) is 3.00. The highest BCUT2D eigenvalue weighted by Gasteiger charge is 2.36. The van der Waals surface area contributed by atoms with Gasteiger partial charge in [0.1, 0.15) is 0 Å². The second-order valence-electron chi connectivity index (χ2n) is 5.21. The molecule has 3 rings (SSSR count). The number of rotatable bonds is 3. The van der Waals surface area contributed by atoms with Crippen LogP contribution >= 0.6 is 0 Å². The first-order valence-electron chi connectivity index (χ1n) is 7.04. The summed E-state index contributed by atoms with van der Waals surface area (Å²) in [6.45, 7) is 5.80. The first-order chi connectivity index (χ1) is 10.2. The van der Waals surface area contributed by atoms with Gasteiger partial charge in [-0.05, 0) is 18.1 Å². The highest BCUT2D eigenvalue weighted by Crippen LogP contribution is 2.44. The minimum Gasteiger partial charge on any atom is -0.453 e. The van der Waals surface area contributed by atoms with E-state index in [0.717, 1.165) is 16.7 Å². The third-order valence-electron chi connectivity index (χ3n) is 3.38. The highest BCUT2D eigenvalue weighted by atomic mass is 16.7. The van der Waals surface area contributed by atoms with Crippen molar-refractivity contribution >= 4 is 0 Å². The Morgan fingerprint density at radius 2 is 1.29 bits per heavy atom. The van der Waals surface area contributed by atoms with E-state index in [2.05, 4.69) is 30.8 Å². The molecule has 0 bridgehead atoms. The van der Waals surface area contributed by atoms with Gasteiger partial charge in [-0.15, -0.1) is 0 Å². The first-order valence-corrected chi connectivity index (χ1v) is 7.04. The van der Waals surface area contributed by atoms with Gasteiger partial charge in [0, 0.05) is 6.08 Å². The van der Waals surface area contributed by atoms with Crippen LogP contribution in [0.2, 0.25) is 0 Å². The van der Waals surface area contributed by atoms with Crippen molar-refractivity contribution in [1.29, 1.82) is 0 Å². The summed E-state index contributed by atoms with van der Waals surface area (Å²) in [6, 6.07) is 20.3. The van der Waals surface area contributed by atoms with Gasteiger partial charge in [0.25, 0.3) is 5.95 Å². The van der Waals surface area contributed by atoms with Crippen molar-refractivity contribution in [2.24, 2.45) is 0 Å². The minimum atomic E-state index is -0.140. The van der Waals surface area contributed by atoms with Crippen molar-refractivity contribution in [2.75, 3.05) is 0 Å². The fourth-order valence-electron chi connectivity index (χ4n) is 2.44. The summed E-state index contributed by atoms with van der Waals surface area (Å²) in [7, 11) is 0. The van der Waals surface area contributed by atoms with Crippen molar-refractivity contribution in [1.82, 2.24) is 0 Å². The lowest BCUT2D eigenvalue weighted by molar-refractivity contribution is 0.140. The Morgan fingerprint density at radius 3 is 1.67 bits per heavy atom. The maximum atomic E-state index is 6.00. The monoisotopic (exact) mass is 278 g/mol. The van der Waals surface area contributed by atoms with Crippen molar-refractivity contribution in [2.45, 2.75) is 19.1 Å². The van der Waals surface area contributed by atoms with Gasteiger partial charge in [0.15, 0.2) is 12.2 Å². The van der Waals surface area contributed by atoms with Crippen LogP contribution in [0.15, 0.2) is 84.8 Å². The van der Waals surface area contributed by atoms with Gasteiger partial charge in [0.05, 0.1) is 0 Å². The zero-order chi connectivity index (χ0) is 14.7. The Morgan fingerprint density at radius 1 is 0.857 bits per heavy atom. The lowest BCUT2D eigenvalue weighted by Gasteiger charge is -2.16. The number of hydrogen-bond acceptors (Lipinski definition) is 2. The van der Waals surface area contributed by atoms with Crippen molar-refractivity contribution in [3.05, 3.63) is 96.0 Å². The van der Waals surface area contributed by atoms with Gasteiger partial charge in [-0.25, -0.2) is 0 Å². The van der Waals surface area contributed by atoms with Crippen molar-refractivity contribution in [3.63, 3.8) is 0 Å². The van der Waals surface area contributed by atoms with Crippen LogP contribution in [0, 0.1) is 0 Å². The molecular formula is C19H18O2. The number of ether oxygens (including phenoxy) is 2. The summed E-state index contributed by atoms with van der Waals surface area (Å²) < 4.78 is 12.0. The van der Waals surface area contributed by atoms with E-state index in [1.807, 2.05) is 49.4 Å². The molecule has 1 fully saturated rings. The molecule has 0 spiro atoms. The zero-order valence-electron chi connectivity index (χ0n) is 12.0. The summed E-state index contributed by atoms with van der Waals surface area (Å²) >= 11 is 0. The van der Waals surface area contributed by atoms with Gasteiger partial charge >= 0.3 is 0 Å². The number of hydrogen-bond donors (Lipinski definition) is 0. The van der Waals surface area contributed by atoms with Gasteiger partial charge in [-0.1, -0.05) is 72.8 Å². The summed E-state index contributed by atoms with van der Waals surface area (Å²) in [5.74, 6) is 0.533. The molecule has 0 saturated carbocycles. The van der Waals surface area contributed by atoms with E-state index in [4.69, 9.17) is 9.47 Å². The van der Waals surface area contributed by atoms with Gasteiger partial charge in [-0.2, -0.15) is 0 Å². The fraction of sp³-hybridized carbons (Fsp3) is 0.158. The Kier molecular flexibility index (Phi) is 3.78. The van der Waals surface area contributed by atoms with E-state index in [1.165, 1.54) is 0 Å². The summed E-state index contributed by atoms with van der Waals surface area (Å²) in [4.78, 5) is 0. The van der Waals surface area contributed by atoms with Crippen LogP contribution in [0.1, 0.15) is 30.3 Å². The van der Waals surface area contributed by atoms with Crippen molar-refractivity contribution in [3.8, 4) is 0 Å². The molecular weight excluding hydrogens is 260 g/mol. The number of allylic oxidation sites excluding steroid dienone is 2. The van der Waals surface area contributed by atoms with Crippen LogP contribution in [0.5, 0.6) is 0 Å². The maximum absolute atomic E-state index is 6.00. The lowest BCUT2D eigenvalue weighted by atomic mass is 9.99. The first kappa shape index (κ1) is 13.5. The molecule has 1 aliphatic heterocycles. The Labute approximate surface area is 125 Å². The van der Waals surface area contributed by atoms with E-state index in [9.17, 15) is 0 Å². The molecule has 2 atom stereocenters. The predicted molar refractivity (Wildman–Crippen MR) is 83.4 cm³/mol. The molecule has 2 aromatic carbocycles. The average molecular weight is 278 g/mol. The Balaban J connectivity index is 1.97. The fourth-order valence-corrected chi connectivity index (χ4v) is 2.44. The highest BCUT2D eigenvalue weighted by molar-refractivity contribution is 5.28. The predicted octanol–water partition coefficient (Wildman–Crippen LogP) is 4.93. The minimum absolute atomic E-state index is 0.140. The molecule has 0 aliphatic carbocycles. The van der Waals surface area contributed by atoms with E-state index in [1.54, 1.807) is 0 Å². The molecule has 1 aliphatic rings. The molecule has 106 valence electrons. The summed E-state index contributed by atoms with van der Waals surface area (Å²) in [5.41, 5.74) is 3.12. The average Bonchev–Trinajstić information content (AvgIpc) is 2.92. The number of benzene rings is 2. The Hall–Kier alpha value is -2.48. The van der Waals surface area contributed by atoms with Crippen LogP contribution in [0.25, 0.3) is 0 Å². The van der Waals surface area contributed by atoms with Gasteiger partial charge < -0.3 is 9.47 Å². The molecule has 2 nitrogen and oxygen atoms in total. The molecule has 2 aromatic rings. The van der Waals surface area contributed by atoms with Crippen LogP contribution in [-0.2, 0) is 9.47 Å². The topological polar surface area (TPSA) is 18.5 Å². The summed E-state index contributed by atoms with van der Waals surface area (Å²) in [5, 5.41) is 0. The van der Waals surface area contributed by atoms with Crippen LogP contribution in [0.3, 0.4) is 0 Å². The molecule has 0 amide bonds. The summed E-state index contributed by atoms with van der Waals surface area (Å²) in [6.07, 6.45) is 1.55. The van der Waals surface area contributed by atoms with E-state index in [0.29, 0.717) is 5.95 Å². The van der Waals surface area contributed by atoms with E-state index in [-0.39, 0.29) is 12.2 Å². The van der Waals surface area contributed by atoms with Crippen LogP contribution in [0.4, 0.5) is 0 Å². The second-order valence-corrected chi connectivity index (χ2v) is 5.21. The van der Waals surface area contributed by atoms with Gasteiger partial charge in [-0.3, -0.25) is 0 Å². The third-order valence-corrected chi connectivity index (χ3v) is 3.38. The largest absolute Gasteiger partial charge is 0.453 e. The molecule has 0 radical (unpaired) electrons. The second kappa shape index (κ2) is 5.88. The zero-order valence-corrected chi connectivity index (χ0v) is 12.0. The smallest absolute Gasteiger partial charge is 0.280 e. The van der Waals surface area contributed by atoms with Crippen molar-refractivity contribution < 1.29 is 9.47 Å². The lowest BCUT2D eigenvalue weighted by Crippen LogP contribution is -2.06. The quantitative estimate of drug-likeness (QED) is 0.792. The molecule has 1 saturated heterocycles. The molecule has 0 aromatic heterocycles. The molecule has 0 unspecified atom stereocenters. The van der Waals surface area contributed by atoms with Gasteiger partial charge in [0.2, 0.25) is 0 Å². The van der Waals surface area contributed by atoms with Crippen LogP contribution < -0.4 is 0 Å². The molecule has 1 heterocycles. The van der Waals surface area contributed by atoms with E-state index >= 15 is 0 Å². The van der Waals surface area contributed by atoms with E-state index < -0.39 is 0 Å². The van der Waals surface area contributed by atoms with Crippen LogP contribution in [-0.4, -0.2) is 0 Å². The molecule has 2 heteroatoms. The molecule has 0 N–H and O–H groups in total.